The predicted octanol–water partition coefficient (Wildman–Crippen LogP) is 1.21. The van der Waals surface area contributed by atoms with Crippen LogP contribution < -0.4 is 10.6 Å². The van der Waals surface area contributed by atoms with E-state index in [1.165, 1.54) is 12.1 Å². The van der Waals surface area contributed by atoms with Crippen LogP contribution in [-0.2, 0) is 9.84 Å². The molecule has 0 radical (unpaired) electrons. The molecule has 1 aliphatic rings. The fraction of sp³-hybridized carbons (Fsp3) is 0.533. The molecule has 6 heteroatoms. The number of carbonyl (C=O) groups is 1. The van der Waals surface area contributed by atoms with Gasteiger partial charge in [0.1, 0.15) is 0 Å². The Morgan fingerprint density at radius 1 is 1.38 bits per heavy atom. The number of amides is 1. The molecule has 1 aromatic carbocycles. The average Bonchev–Trinajstić information content (AvgIpc) is 2.45. The first kappa shape index (κ1) is 16.0. The zero-order valence-electron chi connectivity index (χ0n) is 12.4. The predicted molar refractivity (Wildman–Crippen MR) is 82.1 cm³/mol. The molecule has 1 aromatic rings. The van der Waals surface area contributed by atoms with Gasteiger partial charge in [0.05, 0.1) is 4.90 Å². The number of hydrogen-bond donors (Lipinski definition) is 2. The molecule has 1 aliphatic heterocycles. The Labute approximate surface area is 126 Å². The molecule has 21 heavy (non-hydrogen) atoms. The Hall–Kier alpha value is -1.40. The molecule has 0 aromatic heterocycles. The lowest BCUT2D eigenvalue weighted by Gasteiger charge is -2.27. The quantitative estimate of drug-likeness (QED) is 0.876. The minimum Gasteiger partial charge on any atom is -0.352 e. The van der Waals surface area contributed by atoms with Gasteiger partial charge in [-0.05, 0) is 50.4 Å². The third kappa shape index (κ3) is 4.54. The summed E-state index contributed by atoms with van der Waals surface area (Å²) in [7, 11) is -3.29. The van der Waals surface area contributed by atoms with Crippen molar-refractivity contribution in [3.8, 4) is 0 Å². The molecule has 2 rings (SSSR count). The number of nitrogens with one attached hydrogen (secondary N) is 2. The van der Waals surface area contributed by atoms with Crippen molar-refractivity contribution in [3.63, 3.8) is 0 Å². The minimum atomic E-state index is -3.29. The Balaban J connectivity index is 1.95. The van der Waals surface area contributed by atoms with Crippen molar-refractivity contribution in [2.24, 2.45) is 5.92 Å². The van der Waals surface area contributed by atoms with Gasteiger partial charge in [-0.3, -0.25) is 4.79 Å². The summed E-state index contributed by atoms with van der Waals surface area (Å²) < 4.78 is 23.0. The number of sulfone groups is 1. The summed E-state index contributed by atoms with van der Waals surface area (Å²) in [4.78, 5) is 12.3. The number of hydrogen-bond acceptors (Lipinski definition) is 4. The van der Waals surface area contributed by atoms with Gasteiger partial charge >= 0.3 is 0 Å². The van der Waals surface area contributed by atoms with E-state index in [9.17, 15) is 13.2 Å². The maximum Gasteiger partial charge on any atom is 0.251 e. The van der Waals surface area contributed by atoms with Crippen LogP contribution in [0.25, 0.3) is 0 Å². The van der Waals surface area contributed by atoms with E-state index >= 15 is 0 Å². The van der Waals surface area contributed by atoms with Crippen molar-refractivity contribution in [2.75, 3.05) is 19.3 Å². The molecule has 2 N–H and O–H groups in total. The van der Waals surface area contributed by atoms with E-state index in [0.717, 1.165) is 25.6 Å². The molecule has 0 aliphatic carbocycles. The number of carbonyl (C=O) groups excluding carboxylic acids is 1. The second-order valence-electron chi connectivity index (χ2n) is 5.76. The topological polar surface area (TPSA) is 75.3 Å². The Bertz CT molecular complexity index is 605. The normalized spacial score (nSPS) is 22.8. The molecule has 1 fully saturated rings. The first-order valence-electron chi connectivity index (χ1n) is 7.18. The lowest BCUT2D eigenvalue weighted by atomic mass is 9.95. The van der Waals surface area contributed by atoms with E-state index in [1.807, 2.05) is 0 Å². The van der Waals surface area contributed by atoms with Gasteiger partial charge in [-0.2, -0.15) is 0 Å². The van der Waals surface area contributed by atoms with Crippen LogP contribution in [0.1, 0.15) is 30.1 Å². The van der Waals surface area contributed by atoms with Crippen LogP contribution in [0.3, 0.4) is 0 Å². The first-order chi connectivity index (χ1) is 9.86. The highest BCUT2D eigenvalue weighted by molar-refractivity contribution is 7.90. The highest BCUT2D eigenvalue weighted by atomic mass is 32.2. The summed E-state index contributed by atoms with van der Waals surface area (Å²) in [6, 6.07) is 6.69. The van der Waals surface area contributed by atoms with Gasteiger partial charge in [-0.15, -0.1) is 0 Å². The average molecular weight is 310 g/mol. The largest absolute Gasteiger partial charge is 0.352 e. The third-order valence-electron chi connectivity index (χ3n) is 3.84. The Morgan fingerprint density at radius 3 is 2.76 bits per heavy atom. The Morgan fingerprint density at radius 2 is 2.14 bits per heavy atom. The SMILES string of the molecule is CC1CCC(CNC(=O)c2cccc(S(C)(=O)=O)c2)CN1. The summed E-state index contributed by atoms with van der Waals surface area (Å²) in [6.45, 7) is 3.68. The van der Waals surface area contributed by atoms with Crippen molar-refractivity contribution in [1.29, 1.82) is 0 Å². The smallest absolute Gasteiger partial charge is 0.251 e. The molecule has 2 atom stereocenters. The van der Waals surface area contributed by atoms with Gasteiger partial charge in [-0.25, -0.2) is 8.42 Å². The van der Waals surface area contributed by atoms with E-state index in [1.54, 1.807) is 12.1 Å². The van der Waals surface area contributed by atoms with Crippen LogP contribution in [0.4, 0.5) is 0 Å². The van der Waals surface area contributed by atoms with Crippen LogP contribution in [0, 0.1) is 5.92 Å². The second kappa shape index (κ2) is 6.58. The summed E-state index contributed by atoms with van der Waals surface area (Å²) in [5.74, 6) is 0.211. The van der Waals surface area contributed by atoms with Gasteiger partial charge in [0.2, 0.25) is 0 Å². The number of rotatable bonds is 4. The van der Waals surface area contributed by atoms with Crippen molar-refractivity contribution in [1.82, 2.24) is 10.6 Å². The number of benzene rings is 1. The zero-order chi connectivity index (χ0) is 15.5. The molecule has 1 heterocycles. The molecule has 116 valence electrons. The molecule has 1 amide bonds. The maximum absolute atomic E-state index is 12.1. The fourth-order valence-electron chi connectivity index (χ4n) is 2.44. The molecular weight excluding hydrogens is 288 g/mol. The standard InChI is InChI=1S/C15H22N2O3S/c1-11-6-7-12(9-16-11)10-17-15(18)13-4-3-5-14(8-13)21(2,19)20/h3-5,8,11-12,16H,6-7,9-10H2,1-2H3,(H,17,18). The van der Waals surface area contributed by atoms with Crippen LogP contribution >= 0.6 is 0 Å². The Kier molecular flexibility index (Phi) is 5.00. The molecule has 0 bridgehead atoms. The molecular formula is C15H22N2O3S. The highest BCUT2D eigenvalue weighted by Crippen LogP contribution is 2.14. The minimum absolute atomic E-state index is 0.170. The van der Waals surface area contributed by atoms with Crippen LogP contribution in [0.5, 0.6) is 0 Å². The fourth-order valence-corrected chi connectivity index (χ4v) is 3.11. The summed E-state index contributed by atoms with van der Waals surface area (Å²) >= 11 is 0. The van der Waals surface area contributed by atoms with Gasteiger partial charge in [0.15, 0.2) is 9.84 Å². The molecule has 5 nitrogen and oxygen atoms in total. The molecule has 2 unspecified atom stereocenters. The maximum atomic E-state index is 12.1. The van der Waals surface area contributed by atoms with E-state index in [0.29, 0.717) is 24.1 Å². The monoisotopic (exact) mass is 310 g/mol. The first-order valence-corrected chi connectivity index (χ1v) is 9.07. The van der Waals surface area contributed by atoms with E-state index in [2.05, 4.69) is 17.6 Å². The van der Waals surface area contributed by atoms with Crippen molar-refractivity contribution < 1.29 is 13.2 Å². The van der Waals surface area contributed by atoms with E-state index < -0.39 is 9.84 Å². The van der Waals surface area contributed by atoms with Crippen molar-refractivity contribution in [3.05, 3.63) is 29.8 Å². The lowest BCUT2D eigenvalue weighted by molar-refractivity contribution is 0.0943. The second-order valence-corrected chi connectivity index (χ2v) is 7.78. The molecule has 1 saturated heterocycles. The summed E-state index contributed by atoms with van der Waals surface area (Å²) in [5.41, 5.74) is 0.384. The molecule has 0 spiro atoms. The van der Waals surface area contributed by atoms with Gasteiger partial charge in [0.25, 0.3) is 5.91 Å². The summed E-state index contributed by atoms with van der Waals surface area (Å²) in [5, 5.41) is 6.28. The molecule has 0 saturated carbocycles. The number of piperidine rings is 1. The van der Waals surface area contributed by atoms with Crippen molar-refractivity contribution >= 4 is 15.7 Å². The van der Waals surface area contributed by atoms with E-state index in [-0.39, 0.29) is 10.8 Å². The lowest BCUT2D eigenvalue weighted by Crippen LogP contribution is -2.41. The van der Waals surface area contributed by atoms with Crippen LogP contribution in [0.15, 0.2) is 29.2 Å². The van der Waals surface area contributed by atoms with Crippen molar-refractivity contribution in [2.45, 2.75) is 30.7 Å². The highest BCUT2D eigenvalue weighted by Gasteiger charge is 2.18. The third-order valence-corrected chi connectivity index (χ3v) is 4.95. The van der Waals surface area contributed by atoms with Gasteiger partial charge in [0, 0.05) is 24.4 Å². The van der Waals surface area contributed by atoms with Gasteiger partial charge < -0.3 is 10.6 Å². The van der Waals surface area contributed by atoms with Crippen LogP contribution in [-0.4, -0.2) is 39.7 Å². The van der Waals surface area contributed by atoms with Gasteiger partial charge in [-0.1, -0.05) is 6.07 Å². The van der Waals surface area contributed by atoms with E-state index in [4.69, 9.17) is 0 Å². The van der Waals surface area contributed by atoms with Crippen LogP contribution in [0.2, 0.25) is 0 Å². The zero-order valence-corrected chi connectivity index (χ0v) is 13.2. The summed E-state index contributed by atoms with van der Waals surface area (Å²) in [6.07, 6.45) is 3.35.